The zero-order chi connectivity index (χ0) is 13.0. The lowest BCUT2D eigenvalue weighted by Crippen LogP contribution is -2.40. The number of aliphatic hydroxyl groups is 1. The molecular formula is C16H24O2. The van der Waals surface area contributed by atoms with Crippen LogP contribution >= 0.6 is 0 Å². The molecule has 1 aliphatic carbocycles. The number of hydrogen-bond acceptors (Lipinski definition) is 2. The molecule has 1 saturated carbocycles. The fourth-order valence-electron chi connectivity index (χ4n) is 2.62. The second kappa shape index (κ2) is 5.85. The van der Waals surface area contributed by atoms with Gasteiger partial charge in [-0.25, -0.2) is 0 Å². The smallest absolute Gasteiger partial charge is 0.0720 e. The van der Waals surface area contributed by atoms with Crippen LogP contribution in [0.4, 0.5) is 0 Å². The minimum absolute atomic E-state index is 0.309. The quantitative estimate of drug-likeness (QED) is 0.883. The first-order valence-corrected chi connectivity index (χ1v) is 6.98. The van der Waals surface area contributed by atoms with E-state index in [1.807, 2.05) is 18.2 Å². The maximum absolute atomic E-state index is 10.4. The summed E-state index contributed by atoms with van der Waals surface area (Å²) in [6.45, 7) is 4.89. The normalized spacial score (nSPS) is 28.6. The highest BCUT2D eigenvalue weighted by atomic mass is 16.5. The first-order chi connectivity index (χ1) is 8.60. The summed E-state index contributed by atoms with van der Waals surface area (Å²) in [5, 5.41) is 10.4. The highest BCUT2D eigenvalue weighted by Crippen LogP contribution is 2.35. The van der Waals surface area contributed by atoms with Crippen molar-refractivity contribution in [1.29, 1.82) is 0 Å². The van der Waals surface area contributed by atoms with Crippen LogP contribution in [0, 0.1) is 5.92 Å². The molecule has 0 heterocycles. The average Bonchev–Trinajstić information content (AvgIpc) is 2.39. The van der Waals surface area contributed by atoms with Gasteiger partial charge < -0.3 is 9.84 Å². The summed E-state index contributed by atoms with van der Waals surface area (Å²) in [6, 6.07) is 10.3. The average molecular weight is 248 g/mol. The highest BCUT2D eigenvalue weighted by molar-refractivity contribution is 5.13. The third-order valence-electron chi connectivity index (χ3n) is 4.20. The number of rotatable bonds is 4. The van der Waals surface area contributed by atoms with Gasteiger partial charge in [-0.2, -0.15) is 0 Å². The predicted molar refractivity (Wildman–Crippen MR) is 73.3 cm³/mol. The van der Waals surface area contributed by atoms with Gasteiger partial charge in [0, 0.05) is 0 Å². The Morgan fingerprint density at radius 1 is 1.22 bits per heavy atom. The molecule has 0 aliphatic heterocycles. The molecular weight excluding hydrogens is 224 g/mol. The van der Waals surface area contributed by atoms with E-state index >= 15 is 0 Å². The molecule has 1 aromatic carbocycles. The van der Waals surface area contributed by atoms with E-state index in [1.165, 1.54) is 5.56 Å². The third kappa shape index (κ3) is 3.33. The van der Waals surface area contributed by atoms with E-state index in [4.69, 9.17) is 4.74 Å². The van der Waals surface area contributed by atoms with E-state index in [-0.39, 0.29) is 0 Å². The minimum Gasteiger partial charge on any atom is -0.390 e. The number of hydrogen-bond donors (Lipinski definition) is 1. The van der Waals surface area contributed by atoms with Crippen molar-refractivity contribution >= 4 is 0 Å². The van der Waals surface area contributed by atoms with Crippen LogP contribution in [-0.4, -0.2) is 16.8 Å². The molecule has 0 spiro atoms. The molecule has 2 rings (SSSR count). The summed E-state index contributed by atoms with van der Waals surface area (Å²) in [5.41, 5.74) is 0.759. The number of ether oxygens (including phenoxy) is 1. The molecule has 1 aliphatic rings. The summed E-state index contributed by atoms with van der Waals surface area (Å²) < 4.78 is 5.93. The molecule has 100 valence electrons. The van der Waals surface area contributed by atoms with Gasteiger partial charge in [0.2, 0.25) is 0 Å². The van der Waals surface area contributed by atoms with Crippen molar-refractivity contribution in [2.24, 2.45) is 5.92 Å². The van der Waals surface area contributed by atoms with Crippen LogP contribution < -0.4 is 0 Å². The molecule has 0 radical (unpaired) electrons. The Bertz CT molecular complexity index is 351. The Balaban J connectivity index is 1.77. The summed E-state index contributed by atoms with van der Waals surface area (Å²) in [7, 11) is 0. The molecule has 0 amide bonds. The summed E-state index contributed by atoms with van der Waals surface area (Å²) in [4.78, 5) is 0. The van der Waals surface area contributed by atoms with Crippen LogP contribution in [0.15, 0.2) is 30.3 Å². The third-order valence-corrected chi connectivity index (χ3v) is 4.20. The van der Waals surface area contributed by atoms with Crippen molar-refractivity contribution in [2.45, 2.75) is 57.8 Å². The van der Waals surface area contributed by atoms with Gasteiger partial charge in [-0.1, -0.05) is 44.2 Å². The largest absolute Gasteiger partial charge is 0.390 e. The summed E-state index contributed by atoms with van der Waals surface area (Å²) >= 11 is 0. The molecule has 0 bridgehead atoms. The van der Waals surface area contributed by atoms with Crippen molar-refractivity contribution in [3.63, 3.8) is 0 Å². The molecule has 0 unspecified atom stereocenters. The van der Waals surface area contributed by atoms with Crippen molar-refractivity contribution < 1.29 is 9.84 Å². The van der Waals surface area contributed by atoms with E-state index in [2.05, 4.69) is 26.0 Å². The van der Waals surface area contributed by atoms with Crippen LogP contribution in [0.5, 0.6) is 0 Å². The van der Waals surface area contributed by atoms with Crippen LogP contribution in [0.2, 0.25) is 0 Å². The zero-order valence-corrected chi connectivity index (χ0v) is 11.4. The summed E-state index contributed by atoms with van der Waals surface area (Å²) in [5.74, 6) is 0.340. The van der Waals surface area contributed by atoms with Crippen molar-refractivity contribution in [2.75, 3.05) is 0 Å². The molecule has 0 aromatic heterocycles. The predicted octanol–water partition coefficient (Wildman–Crippen LogP) is 3.53. The monoisotopic (exact) mass is 248 g/mol. The molecule has 1 aromatic rings. The van der Waals surface area contributed by atoms with E-state index in [1.54, 1.807) is 0 Å². The van der Waals surface area contributed by atoms with Gasteiger partial charge in [-0.05, 0) is 37.2 Å². The van der Waals surface area contributed by atoms with Crippen molar-refractivity contribution in [3.8, 4) is 0 Å². The van der Waals surface area contributed by atoms with Crippen molar-refractivity contribution in [1.82, 2.24) is 0 Å². The van der Waals surface area contributed by atoms with Gasteiger partial charge in [-0.3, -0.25) is 0 Å². The lowest BCUT2D eigenvalue weighted by Gasteiger charge is -2.38. The molecule has 1 N–H and O–H groups in total. The first-order valence-electron chi connectivity index (χ1n) is 6.98. The van der Waals surface area contributed by atoms with Gasteiger partial charge in [-0.15, -0.1) is 0 Å². The molecule has 1 fully saturated rings. The van der Waals surface area contributed by atoms with Crippen LogP contribution in [-0.2, 0) is 11.3 Å². The fourth-order valence-corrected chi connectivity index (χ4v) is 2.62. The Kier molecular flexibility index (Phi) is 4.41. The zero-order valence-electron chi connectivity index (χ0n) is 11.4. The fraction of sp³-hybridized carbons (Fsp3) is 0.625. The maximum atomic E-state index is 10.4. The highest BCUT2D eigenvalue weighted by Gasteiger charge is 2.35. The number of benzene rings is 1. The van der Waals surface area contributed by atoms with Gasteiger partial charge in [0.15, 0.2) is 0 Å². The van der Waals surface area contributed by atoms with Crippen molar-refractivity contribution in [3.05, 3.63) is 35.9 Å². The summed E-state index contributed by atoms with van der Waals surface area (Å²) in [6.07, 6.45) is 3.99. The van der Waals surface area contributed by atoms with Gasteiger partial charge in [0.25, 0.3) is 0 Å². The van der Waals surface area contributed by atoms with Gasteiger partial charge in [0.05, 0.1) is 18.3 Å². The standard InChI is InChI=1S/C16H24O2/c1-13(2)16(17)10-8-15(9-11-16)18-12-14-6-4-3-5-7-14/h3-7,13,15,17H,8-12H2,1-2H3. The Morgan fingerprint density at radius 2 is 1.83 bits per heavy atom. The van der Waals surface area contributed by atoms with E-state index in [0.29, 0.717) is 18.6 Å². The Labute approximate surface area is 110 Å². The molecule has 2 heteroatoms. The Morgan fingerprint density at radius 3 is 2.39 bits per heavy atom. The van der Waals surface area contributed by atoms with Gasteiger partial charge in [0.1, 0.15) is 0 Å². The first kappa shape index (κ1) is 13.6. The Hall–Kier alpha value is -0.860. The van der Waals surface area contributed by atoms with E-state index in [9.17, 15) is 5.11 Å². The topological polar surface area (TPSA) is 29.5 Å². The van der Waals surface area contributed by atoms with E-state index in [0.717, 1.165) is 25.7 Å². The maximum Gasteiger partial charge on any atom is 0.0720 e. The molecule has 2 nitrogen and oxygen atoms in total. The van der Waals surface area contributed by atoms with Crippen LogP contribution in [0.1, 0.15) is 45.1 Å². The lowest BCUT2D eigenvalue weighted by atomic mass is 9.76. The van der Waals surface area contributed by atoms with Crippen LogP contribution in [0.25, 0.3) is 0 Å². The second-order valence-electron chi connectivity index (χ2n) is 5.75. The minimum atomic E-state index is -0.466. The second-order valence-corrected chi connectivity index (χ2v) is 5.75. The van der Waals surface area contributed by atoms with Crippen LogP contribution in [0.3, 0.4) is 0 Å². The van der Waals surface area contributed by atoms with E-state index < -0.39 is 5.60 Å². The van der Waals surface area contributed by atoms with Gasteiger partial charge >= 0.3 is 0 Å². The lowest BCUT2D eigenvalue weighted by molar-refractivity contribution is -0.0834. The molecule has 0 atom stereocenters. The molecule has 0 saturated heterocycles. The molecule has 18 heavy (non-hydrogen) atoms. The SMILES string of the molecule is CC(C)C1(O)CCC(OCc2ccccc2)CC1.